The fourth-order valence-corrected chi connectivity index (χ4v) is 4.35. The first-order chi connectivity index (χ1) is 15.0. The highest BCUT2D eigenvalue weighted by molar-refractivity contribution is 7.13. The molecule has 3 aromatic carbocycles. The second-order valence-corrected chi connectivity index (χ2v) is 8.67. The summed E-state index contributed by atoms with van der Waals surface area (Å²) in [5, 5.41) is 7.27. The Hall–Kier alpha value is -2.63. The summed E-state index contributed by atoms with van der Waals surface area (Å²) in [6.45, 7) is 0. The molecule has 0 saturated heterocycles. The van der Waals surface area contributed by atoms with Crippen molar-refractivity contribution < 1.29 is 4.79 Å². The Morgan fingerprint density at radius 1 is 0.903 bits per heavy atom. The summed E-state index contributed by atoms with van der Waals surface area (Å²) >= 11 is 19.7. The number of nitrogens with one attached hydrogen (secondary N) is 1. The molecule has 0 aliphatic heterocycles. The Morgan fingerprint density at radius 2 is 1.74 bits per heavy atom. The Labute approximate surface area is 198 Å². The van der Waals surface area contributed by atoms with Crippen LogP contribution >= 0.6 is 46.1 Å². The molecule has 1 heterocycles. The van der Waals surface area contributed by atoms with Crippen molar-refractivity contribution in [1.82, 2.24) is 4.98 Å². The quantitative estimate of drug-likeness (QED) is 0.290. The standard InChI is InChI=1S/C24H15Cl3N2OS/c25-19-7-2-1-6-18(19)24-29-22(14-31-24)16-4-3-5-17(13-16)28-23(30)11-9-15-8-10-20(26)21(27)12-15/h1-14H,(H,28,30)/b11-9+. The van der Waals surface area contributed by atoms with Gasteiger partial charge >= 0.3 is 0 Å². The van der Waals surface area contributed by atoms with E-state index < -0.39 is 0 Å². The van der Waals surface area contributed by atoms with Crippen LogP contribution in [0.15, 0.2) is 78.2 Å². The number of aromatic nitrogens is 1. The van der Waals surface area contributed by atoms with Crippen LogP contribution in [-0.2, 0) is 4.79 Å². The number of amides is 1. The summed E-state index contributed by atoms with van der Waals surface area (Å²) in [5.74, 6) is -0.252. The van der Waals surface area contributed by atoms with E-state index in [1.807, 2.05) is 53.9 Å². The Balaban J connectivity index is 1.48. The topological polar surface area (TPSA) is 42.0 Å². The summed E-state index contributed by atoms with van der Waals surface area (Å²) in [4.78, 5) is 17.0. The summed E-state index contributed by atoms with van der Waals surface area (Å²) in [5.41, 5.74) is 4.09. The van der Waals surface area contributed by atoms with Crippen LogP contribution < -0.4 is 5.32 Å². The second-order valence-electron chi connectivity index (χ2n) is 6.59. The number of carbonyl (C=O) groups is 1. The normalized spacial score (nSPS) is 11.1. The lowest BCUT2D eigenvalue weighted by molar-refractivity contribution is -0.111. The summed E-state index contributed by atoms with van der Waals surface area (Å²) in [7, 11) is 0. The number of rotatable bonds is 5. The minimum absolute atomic E-state index is 0.252. The molecule has 4 aromatic rings. The summed E-state index contributed by atoms with van der Waals surface area (Å²) in [6, 6.07) is 20.3. The van der Waals surface area contributed by atoms with Gasteiger partial charge in [-0.3, -0.25) is 4.79 Å². The fourth-order valence-electron chi connectivity index (χ4n) is 2.89. The van der Waals surface area contributed by atoms with Crippen molar-refractivity contribution >= 4 is 63.8 Å². The minimum Gasteiger partial charge on any atom is -0.322 e. The second kappa shape index (κ2) is 9.67. The van der Waals surface area contributed by atoms with Gasteiger partial charge in [0.25, 0.3) is 0 Å². The van der Waals surface area contributed by atoms with Crippen molar-refractivity contribution in [1.29, 1.82) is 0 Å². The molecule has 0 atom stereocenters. The van der Waals surface area contributed by atoms with Gasteiger partial charge in [0.15, 0.2) is 0 Å². The van der Waals surface area contributed by atoms with Gasteiger partial charge in [0.1, 0.15) is 5.01 Å². The van der Waals surface area contributed by atoms with Crippen LogP contribution in [0.3, 0.4) is 0 Å². The van der Waals surface area contributed by atoms with Crippen LogP contribution in [0.25, 0.3) is 27.9 Å². The van der Waals surface area contributed by atoms with E-state index in [-0.39, 0.29) is 5.91 Å². The van der Waals surface area contributed by atoms with E-state index in [1.165, 1.54) is 17.4 Å². The van der Waals surface area contributed by atoms with Gasteiger partial charge in [-0.1, -0.05) is 71.2 Å². The highest BCUT2D eigenvalue weighted by atomic mass is 35.5. The third-order valence-corrected chi connectivity index (χ3v) is 6.35. The maximum Gasteiger partial charge on any atom is 0.248 e. The molecule has 0 fully saturated rings. The maximum absolute atomic E-state index is 12.3. The van der Waals surface area contributed by atoms with Gasteiger partial charge in [-0.05, 0) is 42.0 Å². The molecule has 1 amide bonds. The third kappa shape index (κ3) is 5.35. The lowest BCUT2D eigenvalue weighted by atomic mass is 10.1. The lowest BCUT2D eigenvalue weighted by Gasteiger charge is -2.05. The number of carbonyl (C=O) groups excluding carboxylic acids is 1. The van der Waals surface area contributed by atoms with Crippen molar-refractivity contribution in [2.75, 3.05) is 5.32 Å². The predicted molar refractivity (Wildman–Crippen MR) is 132 cm³/mol. The van der Waals surface area contributed by atoms with Gasteiger partial charge in [0.05, 0.1) is 20.8 Å². The smallest absolute Gasteiger partial charge is 0.248 e. The zero-order valence-corrected chi connectivity index (χ0v) is 19.1. The first kappa shape index (κ1) is 21.6. The van der Waals surface area contributed by atoms with E-state index in [0.717, 1.165) is 27.4 Å². The van der Waals surface area contributed by atoms with Gasteiger partial charge in [0, 0.05) is 28.3 Å². The van der Waals surface area contributed by atoms with Crippen LogP contribution in [-0.4, -0.2) is 10.9 Å². The summed E-state index contributed by atoms with van der Waals surface area (Å²) in [6.07, 6.45) is 3.13. The Kier molecular flexibility index (Phi) is 6.73. The first-order valence-corrected chi connectivity index (χ1v) is 11.3. The number of nitrogens with zero attached hydrogens (tertiary/aromatic N) is 1. The van der Waals surface area contributed by atoms with Gasteiger partial charge in [-0.25, -0.2) is 4.98 Å². The molecule has 1 aromatic heterocycles. The van der Waals surface area contributed by atoms with E-state index in [0.29, 0.717) is 20.8 Å². The molecule has 0 spiro atoms. The molecular weight excluding hydrogens is 471 g/mol. The molecule has 0 radical (unpaired) electrons. The maximum atomic E-state index is 12.3. The lowest BCUT2D eigenvalue weighted by Crippen LogP contribution is -2.07. The van der Waals surface area contributed by atoms with Crippen LogP contribution in [0.4, 0.5) is 5.69 Å². The van der Waals surface area contributed by atoms with Crippen LogP contribution in [0.5, 0.6) is 0 Å². The molecule has 0 unspecified atom stereocenters. The number of anilines is 1. The molecule has 4 rings (SSSR count). The van der Waals surface area contributed by atoms with Crippen molar-refractivity contribution in [2.24, 2.45) is 0 Å². The molecule has 31 heavy (non-hydrogen) atoms. The average Bonchev–Trinajstić information content (AvgIpc) is 3.25. The van der Waals surface area contributed by atoms with Crippen LogP contribution in [0.1, 0.15) is 5.56 Å². The van der Waals surface area contributed by atoms with Gasteiger partial charge < -0.3 is 5.32 Å². The van der Waals surface area contributed by atoms with E-state index in [4.69, 9.17) is 39.8 Å². The third-order valence-electron chi connectivity index (χ3n) is 4.41. The van der Waals surface area contributed by atoms with Gasteiger partial charge in [-0.2, -0.15) is 0 Å². The van der Waals surface area contributed by atoms with Gasteiger partial charge in [-0.15, -0.1) is 11.3 Å². The van der Waals surface area contributed by atoms with Gasteiger partial charge in [0.2, 0.25) is 5.91 Å². The highest BCUT2D eigenvalue weighted by Gasteiger charge is 2.10. The molecule has 0 bridgehead atoms. The SMILES string of the molecule is O=C(/C=C/c1ccc(Cl)c(Cl)c1)Nc1cccc(-c2csc(-c3ccccc3Cl)n2)c1. The molecule has 7 heteroatoms. The largest absolute Gasteiger partial charge is 0.322 e. The first-order valence-electron chi connectivity index (χ1n) is 9.24. The highest BCUT2D eigenvalue weighted by Crippen LogP contribution is 2.33. The molecule has 0 aliphatic rings. The number of hydrogen-bond acceptors (Lipinski definition) is 3. The predicted octanol–water partition coefficient (Wildman–Crippen LogP) is 8.09. The molecule has 1 N–H and O–H groups in total. The number of thiazole rings is 1. The Bertz CT molecular complexity index is 1280. The molecule has 0 aliphatic carbocycles. The zero-order chi connectivity index (χ0) is 21.8. The minimum atomic E-state index is -0.252. The van der Waals surface area contributed by atoms with Crippen molar-refractivity contribution in [3.8, 4) is 21.8 Å². The van der Waals surface area contributed by atoms with Crippen molar-refractivity contribution in [3.05, 3.63) is 98.8 Å². The average molecular weight is 486 g/mol. The zero-order valence-electron chi connectivity index (χ0n) is 16.0. The van der Waals surface area contributed by atoms with Crippen LogP contribution in [0, 0.1) is 0 Å². The molecule has 154 valence electrons. The number of benzene rings is 3. The molecular formula is C24H15Cl3N2OS. The molecule has 0 saturated carbocycles. The summed E-state index contributed by atoms with van der Waals surface area (Å²) < 4.78 is 0. The fraction of sp³-hybridized carbons (Fsp3) is 0. The Morgan fingerprint density at radius 3 is 2.55 bits per heavy atom. The van der Waals surface area contributed by atoms with E-state index in [2.05, 4.69) is 5.32 Å². The number of halogens is 3. The number of hydrogen-bond donors (Lipinski definition) is 1. The van der Waals surface area contributed by atoms with Crippen molar-refractivity contribution in [3.63, 3.8) is 0 Å². The van der Waals surface area contributed by atoms with Crippen molar-refractivity contribution in [2.45, 2.75) is 0 Å². The van der Waals surface area contributed by atoms with Crippen LogP contribution in [0.2, 0.25) is 15.1 Å². The van der Waals surface area contributed by atoms with E-state index >= 15 is 0 Å². The molecule has 3 nitrogen and oxygen atoms in total. The monoisotopic (exact) mass is 484 g/mol. The van der Waals surface area contributed by atoms with E-state index in [9.17, 15) is 4.79 Å². The van der Waals surface area contributed by atoms with E-state index in [1.54, 1.807) is 24.3 Å².